The van der Waals surface area contributed by atoms with Gasteiger partial charge in [0.1, 0.15) is 11.8 Å². The van der Waals surface area contributed by atoms with Gasteiger partial charge in [-0.05, 0) is 31.2 Å². The third kappa shape index (κ3) is 3.70. The topological polar surface area (TPSA) is 74.5 Å². The highest BCUT2D eigenvalue weighted by molar-refractivity contribution is 6.51. The Balaban J connectivity index is 2.14. The molecule has 5 nitrogen and oxygen atoms in total. The van der Waals surface area contributed by atoms with Crippen LogP contribution in [0.2, 0.25) is 0 Å². The molecule has 2 aromatic carbocycles. The number of hydrogen-bond donors (Lipinski definition) is 1. The average molecular weight is 293 g/mol. The number of benzene rings is 2. The monoisotopic (exact) mass is 293 g/mol. The number of Topliss-reactive ketones (excluding diaryl/α,β-unsaturated/α-hetero) is 1. The quantitative estimate of drug-likeness (QED) is 0.522. The summed E-state index contributed by atoms with van der Waals surface area (Å²) in [6.07, 6.45) is 0. The minimum atomic E-state index is -0.413. The molecule has 0 aromatic heterocycles. The van der Waals surface area contributed by atoms with Crippen molar-refractivity contribution in [1.29, 1.82) is 5.26 Å². The predicted molar refractivity (Wildman–Crippen MR) is 85.2 cm³/mol. The number of carbonyl (C=O) groups excluding carboxylic acids is 1. The van der Waals surface area contributed by atoms with Crippen LogP contribution in [0.1, 0.15) is 15.9 Å². The minimum Gasteiger partial charge on any atom is -0.497 e. The molecule has 0 aliphatic carbocycles. The zero-order chi connectivity index (χ0) is 15.9. The number of carbonyl (C=O) groups is 1. The van der Waals surface area contributed by atoms with Gasteiger partial charge in [-0.2, -0.15) is 10.4 Å². The lowest BCUT2D eigenvalue weighted by Crippen LogP contribution is -2.14. The number of hydrazone groups is 1. The van der Waals surface area contributed by atoms with Crippen LogP contribution < -0.4 is 10.2 Å². The molecule has 0 unspecified atom stereocenters. The van der Waals surface area contributed by atoms with Gasteiger partial charge in [-0.3, -0.25) is 10.2 Å². The molecule has 0 saturated heterocycles. The Morgan fingerprint density at radius 1 is 1.14 bits per heavy atom. The maximum atomic E-state index is 12.2. The fourth-order valence-electron chi connectivity index (χ4n) is 1.75. The second kappa shape index (κ2) is 7.04. The van der Waals surface area contributed by atoms with Crippen molar-refractivity contribution in [2.45, 2.75) is 6.92 Å². The van der Waals surface area contributed by atoms with Crippen molar-refractivity contribution in [3.8, 4) is 11.8 Å². The first kappa shape index (κ1) is 15.3. The van der Waals surface area contributed by atoms with Crippen LogP contribution in [0.4, 0.5) is 5.69 Å². The third-order valence-electron chi connectivity index (χ3n) is 3.02. The normalized spacial score (nSPS) is 10.7. The van der Waals surface area contributed by atoms with Gasteiger partial charge in [-0.1, -0.05) is 29.8 Å². The number of ketones is 1. The summed E-state index contributed by atoms with van der Waals surface area (Å²) in [6.45, 7) is 1.93. The van der Waals surface area contributed by atoms with E-state index in [-0.39, 0.29) is 5.71 Å². The van der Waals surface area contributed by atoms with E-state index in [2.05, 4.69) is 10.5 Å². The van der Waals surface area contributed by atoms with Crippen molar-refractivity contribution in [1.82, 2.24) is 0 Å². The maximum Gasteiger partial charge on any atom is 0.223 e. The van der Waals surface area contributed by atoms with Gasteiger partial charge in [0.15, 0.2) is 0 Å². The van der Waals surface area contributed by atoms with Gasteiger partial charge in [0.25, 0.3) is 0 Å². The zero-order valence-corrected chi connectivity index (χ0v) is 12.3. The molecule has 0 atom stereocenters. The van der Waals surface area contributed by atoms with Gasteiger partial charge in [0, 0.05) is 5.56 Å². The molecule has 0 heterocycles. The third-order valence-corrected chi connectivity index (χ3v) is 3.02. The highest BCUT2D eigenvalue weighted by Gasteiger charge is 2.13. The van der Waals surface area contributed by atoms with E-state index >= 15 is 0 Å². The van der Waals surface area contributed by atoms with Crippen LogP contribution >= 0.6 is 0 Å². The Bertz CT molecular complexity index is 726. The molecule has 2 aromatic rings. The van der Waals surface area contributed by atoms with Crippen LogP contribution in [0.5, 0.6) is 5.75 Å². The van der Waals surface area contributed by atoms with Crippen LogP contribution in [0.15, 0.2) is 53.6 Å². The van der Waals surface area contributed by atoms with E-state index in [1.165, 1.54) is 0 Å². The summed E-state index contributed by atoms with van der Waals surface area (Å²) in [5, 5.41) is 13.0. The van der Waals surface area contributed by atoms with Gasteiger partial charge < -0.3 is 4.74 Å². The molecule has 2 rings (SSSR count). The lowest BCUT2D eigenvalue weighted by Gasteiger charge is -2.03. The molecule has 0 amide bonds. The summed E-state index contributed by atoms with van der Waals surface area (Å²) in [4.78, 5) is 12.2. The molecule has 1 N–H and O–H groups in total. The fourth-order valence-corrected chi connectivity index (χ4v) is 1.75. The Morgan fingerprint density at radius 2 is 1.77 bits per heavy atom. The predicted octanol–water partition coefficient (Wildman–Crippen LogP) is 3.18. The van der Waals surface area contributed by atoms with Crippen LogP contribution in [0, 0.1) is 18.3 Å². The largest absolute Gasteiger partial charge is 0.497 e. The van der Waals surface area contributed by atoms with Gasteiger partial charge in [0.05, 0.1) is 12.8 Å². The number of hydrogen-bond acceptors (Lipinski definition) is 5. The second-order valence-corrected chi connectivity index (χ2v) is 4.61. The fraction of sp³-hybridized carbons (Fsp3) is 0.118. The van der Waals surface area contributed by atoms with Gasteiger partial charge in [-0.25, -0.2) is 0 Å². The molecule has 0 bridgehead atoms. The van der Waals surface area contributed by atoms with Gasteiger partial charge in [-0.15, -0.1) is 0 Å². The van der Waals surface area contributed by atoms with E-state index in [4.69, 9.17) is 10.00 Å². The summed E-state index contributed by atoms with van der Waals surface area (Å²) >= 11 is 0. The number of anilines is 1. The Labute approximate surface area is 128 Å². The minimum absolute atomic E-state index is 0.195. The van der Waals surface area contributed by atoms with Crippen LogP contribution in [-0.4, -0.2) is 18.6 Å². The molecule has 0 aliphatic rings. The van der Waals surface area contributed by atoms with Crippen molar-refractivity contribution >= 4 is 17.2 Å². The number of aryl methyl sites for hydroxylation is 1. The first-order valence-corrected chi connectivity index (χ1v) is 6.63. The molecule has 0 spiro atoms. The van der Waals surface area contributed by atoms with Crippen molar-refractivity contribution in [3.05, 3.63) is 59.7 Å². The van der Waals surface area contributed by atoms with Crippen molar-refractivity contribution in [2.75, 3.05) is 12.5 Å². The van der Waals surface area contributed by atoms with Gasteiger partial charge >= 0.3 is 0 Å². The number of nitrogens with one attached hydrogen (secondary N) is 1. The van der Waals surface area contributed by atoms with Crippen molar-refractivity contribution < 1.29 is 9.53 Å². The lowest BCUT2D eigenvalue weighted by molar-refractivity contribution is 0.106. The molecule has 5 heteroatoms. The van der Waals surface area contributed by atoms with Crippen LogP contribution in [0.25, 0.3) is 0 Å². The summed E-state index contributed by atoms with van der Waals surface area (Å²) in [7, 11) is 1.58. The smallest absolute Gasteiger partial charge is 0.223 e. The number of methoxy groups -OCH3 is 1. The number of rotatable bonds is 5. The molecule has 0 saturated carbocycles. The molecule has 0 radical (unpaired) electrons. The maximum absolute atomic E-state index is 12.2. The van der Waals surface area contributed by atoms with E-state index in [1.807, 2.05) is 25.1 Å². The van der Waals surface area contributed by atoms with E-state index in [9.17, 15) is 4.79 Å². The highest BCUT2D eigenvalue weighted by atomic mass is 16.5. The Hall–Kier alpha value is -3.13. The van der Waals surface area contributed by atoms with E-state index in [0.29, 0.717) is 17.0 Å². The summed E-state index contributed by atoms with van der Waals surface area (Å²) in [5.41, 5.74) is 4.64. The average Bonchev–Trinajstić information content (AvgIpc) is 2.56. The Kier molecular flexibility index (Phi) is 4.89. The van der Waals surface area contributed by atoms with Crippen molar-refractivity contribution in [2.24, 2.45) is 5.10 Å². The number of ether oxygens (including phenoxy) is 1. The van der Waals surface area contributed by atoms with Crippen molar-refractivity contribution in [3.63, 3.8) is 0 Å². The van der Waals surface area contributed by atoms with Crippen LogP contribution in [0.3, 0.4) is 0 Å². The second-order valence-electron chi connectivity index (χ2n) is 4.61. The first-order chi connectivity index (χ1) is 10.6. The van der Waals surface area contributed by atoms with E-state index in [1.54, 1.807) is 43.5 Å². The highest BCUT2D eigenvalue weighted by Crippen LogP contribution is 2.15. The zero-order valence-electron chi connectivity index (χ0n) is 12.3. The molecule has 22 heavy (non-hydrogen) atoms. The van der Waals surface area contributed by atoms with E-state index in [0.717, 1.165) is 5.56 Å². The van der Waals surface area contributed by atoms with Crippen LogP contribution in [-0.2, 0) is 0 Å². The SMILES string of the molecule is COc1ccc(N/N=C(/C#N)C(=O)c2ccc(C)cc2)cc1. The lowest BCUT2D eigenvalue weighted by atomic mass is 10.1. The molecule has 110 valence electrons. The molecule has 0 aliphatic heterocycles. The number of nitrogens with zero attached hydrogens (tertiary/aromatic N) is 2. The summed E-state index contributed by atoms with van der Waals surface area (Å²) < 4.78 is 5.05. The Morgan fingerprint density at radius 3 is 2.32 bits per heavy atom. The molecule has 0 fully saturated rings. The molecular formula is C17H15N3O2. The number of nitriles is 1. The summed E-state index contributed by atoms with van der Waals surface area (Å²) in [5.74, 6) is 0.300. The first-order valence-electron chi connectivity index (χ1n) is 6.63. The van der Waals surface area contributed by atoms with Gasteiger partial charge in [0.2, 0.25) is 11.5 Å². The molecular weight excluding hydrogens is 278 g/mol. The summed E-state index contributed by atoms with van der Waals surface area (Å²) in [6, 6.07) is 15.8. The standard InChI is InChI=1S/C17H15N3O2/c1-12-3-5-13(6-4-12)17(21)16(11-18)20-19-14-7-9-15(22-2)10-8-14/h3-10,19H,1-2H3/b20-16-. The van der Waals surface area contributed by atoms with E-state index < -0.39 is 5.78 Å².